The quantitative estimate of drug-likeness (QED) is 0.562. The predicted octanol–water partition coefficient (Wildman–Crippen LogP) is 2.32. The minimum atomic E-state index is -3.81. The largest absolute Gasteiger partial charge is 0.354 e. The van der Waals surface area contributed by atoms with Gasteiger partial charge in [0.05, 0.1) is 11.0 Å². The number of benzene rings is 2. The maximum atomic E-state index is 13.3. The standard InChI is InChI=1S/C24H25F2N3O5S/c1-2-22(30)28-23-12-17-9-10-29(14-21(17)34-23)35(32,33)18-6-4-16(5-7-18)24(31)27-13-15-3-8-19(25)20(26)11-15/h2-8,11,17,21,23H,1,9-10,12-14H2,(H,27,31)(H,28,30). The van der Waals surface area contributed by atoms with E-state index in [1.54, 1.807) is 0 Å². The van der Waals surface area contributed by atoms with Crippen LogP contribution in [-0.4, -0.2) is 50.0 Å². The van der Waals surface area contributed by atoms with E-state index in [2.05, 4.69) is 17.2 Å². The fourth-order valence-corrected chi connectivity index (χ4v) is 5.76. The van der Waals surface area contributed by atoms with Gasteiger partial charge in [0.25, 0.3) is 5.91 Å². The molecule has 2 aromatic rings. The average molecular weight is 506 g/mol. The second kappa shape index (κ2) is 10.2. The summed E-state index contributed by atoms with van der Waals surface area (Å²) in [5.41, 5.74) is 0.616. The van der Waals surface area contributed by atoms with Crippen LogP contribution in [0.1, 0.15) is 28.8 Å². The maximum Gasteiger partial charge on any atom is 0.251 e. The summed E-state index contributed by atoms with van der Waals surface area (Å²) in [6, 6.07) is 8.85. The van der Waals surface area contributed by atoms with E-state index in [4.69, 9.17) is 4.74 Å². The van der Waals surface area contributed by atoms with Crippen LogP contribution in [0.25, 0.3) is 0 Å². The molecule has 2 N–H and O–H groups in total. The molecule has 2 heterocycles. The van der Waals surface area contributed by atoms with E-state index >= 15 is 0 Å². The Balaban J connectivity index is 1.36. The molecule has 0 spiro atoms. The first-order valence-electron chi connectivity index (χ1n) is 11.1. The molecular formula is C24H25F2N3O5S. The summed E-state index contributed by atoms with van der Waals surface area (Å²) in [6.07, 6.45) is 1.59. The number of sulfonamides is 1. The lowest BCUT2D eigenvalue weighted by molar-refractivity contribution is -0.120. The average Bonchev–Trinajstić information content (AvgIpc) is 3.26. The minimum absolute atomic E-state index is 0.0132. The van der Waals surface area contributed by atoms with Gasteiger partial charge in [-0.3, -0.25) is 9.59 Å². The molecule has 11 heteroatoms. The number of ether oxygens (including phenoxy) is 1. The van der Waals surface area contributed by atoms with Crippen LogP contribution in [0.3, 0.4) is 0 Å². The second-order valence-electron chi connectivity index (χ2n) is 8.48. The first kappa shape index (κ1) is 25.0. The zero-order valence-electron chi connectivity index (χ0n) is 18.7. The molecule has 0 aromatic heterocycles. The Morgan fingerprint density at radius 3 is 2.57 bits per heavy atom. The number of nitrogens with one attached hydrogen (secondary N) is 2. The monoisotopic (exact) mass is 505 g/mol. The number of rotatable bonds is 7. The van der Waals surface area contributed by atoms with Crippen LogP contribution in [0.4, 0.5) is 8.78 Å². The minimum Gasteiger partial charge on any atom is -0.354 e. The fourth-order valence-electron chi connectivity index (χ4n) is 4.29. The van der Waals surface area contributed by atoms with Crippen molar-refractivity contribution in [3.05, 3.63) is 77.9 Å². The number of carbonyl (C=O) groups excluding carboxylic acids is 2. The Kier molecular flexibility index (Phi) is 7.29. The highest BCUT2D eigenvalue weighted by Gasteiger charge is 2.42. The van der Waals surface area contributed by atoms with E-state index in [1.807, 2.05) is 0 Å². The van der Waals surface area contributed by atoms with E-state index in [0.717, 1.165) is 18.2 Å². The van der Waals surface area contributed by atoms with Gasteiger partial charge in [-0.05, 0) is 66.8 Å². The highest BCUT2D eigenvalue weighted by atomic mass is 32.2. The van der Waals surface area contributed by atoms with Gasteiger partial charge >= 0.3 is 0 Å². The zero-order chi connectivity index (χ0) is 25.2. The van der Waals surface area contributed by atoms with Gasteiger partial charge < -0.3 is 15.4 Å². The fraction of sp³-hybridized carbons (Fsp3) is 0.333. The Labute approximate surface area is 202 Å². The predicted molar refractivity (Wildman–Crippen MR) is 122 cm³/mol. The van der Waals surface area contributed by atoms with Crippen LogP contribution < -0.4 is 10.6 Å². The number of nitrogens with zero attached hydrogens (tertiary/aromatic N) is 1. The van der Waals surface area contributed by atoms with Crippen LogP contribution in [-0.2, 0) is 26.1 Å². The molecule has 0 saturated carbocycles. The highest BCUT2D eigenvalue weighted by Crippen LogP contribution is 2.34. The molecule has 2 aromatic carbocycles. The summed E-state index contributed by atoms with van der Waals surface area (Å²) < 4.78 is 59.8. The van der Waals surface area contributed by atoms with Gasteiger partial charge in [-0.1, -0.05) is 12.6 Å². The van der Waals surface area contributed by atoms with Crippen molar-refractivity contribution in [3.8, 4) is 0 Å². The molecule has 2 fully saturated rings. The van der Waals surface area contributed by atoms with Gasteiger partial charge in [-0.25, -0.2) is 17.2 Å². The molecule has 2 saturated heterocycles. The molecule has 2 aliphatic heterocycles. The first-order valence-corrected chi connectivity index (χ1v) is 12.5. The van der Waals surface area contributed by atoms with Gasteiger partial charge in [0, 0.05) is 25.2 Å². The van der Waals surface area contributed by atoms with Gasteiger partial charge in [0.1, 0.15) is 6.23 Å². The van der Waals surface area contributed by atoms with Crippen molar-refractivity contribution < 1.29 is 31.5 Å². The highest BCUT2D eigenvalue weighted by molar-refractivity contribution is 7.89. The van der Waals surface area contributed by atoms with E-state index in [-0.39, 0.29) is 41.5 Å². The third-order valence-electron chi connectivity index (χ3n) is 6.19. The van der Waals surface area contributed by atoms with E-state index < -0.39 is 33.8 Å². The number of halogens is 2. The summed E-state index contributed by atoms with van der Waals surface area (Å²) in [5, 5.41) is 5.28. The number of hydrogen-bond donors (Lipinski definition) is 2. The van der Waals surface area contributed by atoms with Crippen LogP contribution in [0.15, 0.2) is 60.0 Å². The molecule has 0 bridgehead atoms. The lowest BCUT2D eigenvalue weighted by Crippen LogP contribution is -2.45. The molecule has 3 unspecified atom stereocenters. The lowest BCUT2D eigenvalue weighted by atomic mass is 9.94. The summed E-state index contributed by atoms with van der Waals surface area (Å²) in [7, 11) is -3.81. The molecule has 3 atom stereocenters. The zero-order valence-corrected chi connectivity index (χ0v) is 19.6. The molecule has 2 amide bonds. The normalized spacial score (nSPS) is 22.3. The van der Waals surface area contributed by atoms with Crippen molar-refractivity contribution in [2.75, 3.05) is 13.1 Å². The van der Waals surface area contributed by atoms with Crippen LogP contribution in [0.5, 0.6) is 0 Å². The molecule has 2 aliphatic rings. The SMILES string of the molecule is C=CC(=O)NC1CC2CCN(S(=O)(=O)c3ccc(C(=O)NCc4ccc(F)c(F)c4)cc3)CC2O1. The van der Waals surface area contributed by atoms with Crippen LogP contribution in [0, 0.1) is 17.6 Å². The topological polar surface area (TPSA) is 105 Å². The first-order chi connectivity index (χ1) is 16.7. The summed E-state index contributed by atoms with van der Waals surface area (Å²) in [5.74, 6) is -2.65. The lowest BCUT2D eigenvalue weighted by Gasteiger charge is -2.33. The smallest absolute Gasteiger partial charge is 0.251 e. The van der Waals surface area contributed by atoms with Crippen molar-refractivity contribution >= 4 is 21.8 Å². The Morgan fingerprint density at radius 2 is 1.89 bits per heavy atom. The molecule has 0 radical (unpaired) electrons. The Bertz CT molecular complexity index is 1240. The summed E-state index contributed by atoms with van der Waals surface area (Å²) in [6.45, 7) is 3.89. The van der Waals surface area contributed by atoms with Crippen molar-refractivity contribution in [3.63, 3.8) is 0 Å². The van der Waals surface area contributed by atoms with Crippen LogP contribution in [0.2, 0.25) is 0 Å². The van der Waals surface area contributed by atoms with E-state index in [1.165, 1.54) is 34.6 Å². The molecular weight excluding hydrogens is 480 g/mol. The molecule has 4 rings (SSSR count). The molecule has 35 heavy (non-hydrogen) atoms. The third-order valence-corrected chi connectivity index (χ3v) is 8.07. The third kappa shape index (κ3) is 5.58. The van der Waals surface area contributed by atoms with Crippen molar-refractivity contribution in [1.82, 2.24) is 14.9 Å². The number of amides is 2. The van der Waals surface area contributed by atoms with E-state index in [0.29, 0.717) is 24.9 Å². The Morgan fingerprint density at radius 1 is 1.14 bits per heavy atom. The van der Waals surface area contributed by atoms with Gasteiger partial charge in [0.2, 0.25) is 15.9 Å². The molecule has 8 nitrogen and oxygen atoms in total. The van der Waals surface area contributed by atoms with Crippen molar-refractivity contribution in [2.24, 2.45) is 5.92 Å². The number of hydrogen-bond acceptors (Lipinski definition) is 5. The second-order valence-corrected chi connectivity index (χ2v) is 10.4. The number of fused-ring (bicyclic) bond motifs is 1. The Hall–Kier alpha value is -3.15. The van der Waals surface area contributed by atoms with Crippen LogP contribution >= 0.6 is 0 Å². The number of piperidine rings is 1. The van der Waals surface area contributed by atoms with E-state index in [9.17, 15) is 26.8 Å². The van der Waals surface area contributed by atoms with Crippen molar-refractivity contribution in [2.45, 2.75) is 36.6 Å². The van der Waals surface area contributed by atoms with Gasteiger partial charge in [-0.2, -0.15) is 4.31 Å². The van der Waals surface area contributed by atoms with Crippen molar-refractivity contribution in [1.29, 1.82) is 0 Å². The maximum absolute atomic E-state index is 13.3. The number of carbonyl (C=O) groups is 2. The molecule has 186 valence electrons. The summed E-state index contributed by atoms with van der Waals surface area (Å²) in [4.78, 5) is 24.0. The summed E-state index contributed by atoms with van der Waals surface area (Å²) >= 11 is 0. The van der Waals surface area contributed by atoms with Gasteiger partial charge in [0.15, 0.2) is 11.6 Å². The van der Waals surface area contributed by atoms with Gasteiger partial charge in [-0.15, -0.1) is 0 Å². The molecule has 0 aliphatic carbocycles.